The standard InChI is InChI=1S/C17H16N2O3/c1-12(21-13-6-4-3-5-7-13)17(20)22-14-8-9-16-15(10-14)18-11-19(16)2/h3-12H,1-2H3/t12-/m0/s1. The van der Waals surface area contributed by atoms with Crippen LogP contribution >= 0.6 is 0 Å². The first-order valence-electron chi connectivity index (χ1n) is 6.98. The summed E-state index contributed by atoms with van der Waals surface area (Å²) in [4.78, 5) is 16.3. The lowest BCUT2D eigenvalue weighted by atomic mass is 10.3. The Morgan fingerprint density at radius 2 is 1.91 bits per heavy atom. The number of nitrogens with zero attached hydrogens (tertiary/aromatic N) is 2. The van der Waals surface area contributed by atoms with E-state index in [0.717, 1.165) is 11.0 Å². The van der Waals surface area contributed by atoms with Gasteiger partial charge in [0.25, 0.3) is 0 Å². The molecule has 22 heavy (non-hydrogen) atoms. The molecular weight excluding hydrogens is 280 g/mol. The highest BCUT2D eigenvalue weighted by Gasteiger charge is 2.17. The van der Waals surface area contributed by atoms with Crippen LogP contribution in [0.2, 0.25) is 0 Å². The minimum absolute atomic E-state index is 0.445. The van der Waals surface area contributed by atoms with Gasteiger partial charge < -0.3 is 14.0 Å². The average Bonchev–Trinajstić information content (AvgIpc) is 2.89. The molecule has 3 aromatic rings. The molecule has 1 aromatic heterocycles. The van der Waals surface area contributed by atoms with Gasteiger partial charge in [-0.25, -0.2) is 9.78 Å². The van der Waals surface area contributed by atoms with Crippen molar-refractivity contribution < 1.29 is 14.3 Å². The molecule has 0 aliphatic rings. The van der Waals surface area contributed by atoms with Crippen molar-refractivity contribution in [1.29, 1.82) is 0 Å². The molecule has 3 rings (SSSR count). The van der Waals surface area contributed by atoms with E-state index >= 15 is 0 Å². The van der Waals surface area contributed by atoms with E-state index in [-0.39, 0.29) is 0 Å². The number of rotatable bonds is 4. The fourth-order valence-corrected chi connectivity index (χ4v) is 2.13. The number of fused-ring (bicyclic) bond motifs is 1. The van der Waals surface area contributed by atoms with Crippen LogP contribution in [0, 0.1) is 0 Å². The monoisotopic (exact) mass is 296 g/mol. The summed E-state index contributed by atoms with van der Waals surface area (Å²) in [5.74, 6) is 0.644. The summed E-state index contributed by atoms with van der Waals surface area (Å²) in [5.41, 5.74) is 1.76. The summed E-state index contributed by atoms with van der Waals surface area (Å²) in [6, 6.07) is 14.5. The Morgan fingerprint density at radius 1 is 1.14 bits per heavy atom. The number of hydrogen-bond donors (Lipinski definition) is 0. The summed E-state index contributed by atoms with van der Waals surface area (Å²) in [6.45, 7) is 1.66. The smallest absolute Gasteiger partial charge is 0.352 e. The highest BCUT2D eigenvalue weighted by Crippen LogP contribution is 2.20. The van der Waals surface area contributed by atoms with Crippen LogP contribution in [0.3, 0.4) is 0 Å². The summed E-state index contributed by atoms with van der Waals surface area (Å²) in [6.07, 6.45) is 1.03. The predicted molar refractivity (Wildman–Crippen MR) is 82.9 cm³/mol. The molecule has 0 N–H and O–H groups in total. The number of carbonyl (C=O) groups is 1. The Morgan fingerprint density at radius 3 is 2.68 bits per heavy atom. The van der Waals surface area contributed by atoms with Crippen LogP contribution in [0.1, 0.15) is 6.92 Å². The van der Waals surface area contributed by atoms with Gasteiger partial charge in [-0.2, -0.15) is 0 Å². The van der Waals surface area contributed by atoms with Gasteiger partial charge in [0.05, 0.1) is 17.4 Å². The minimum Gasteiger partial charge on any atom is -0.479 e. The van der Waals surface area contributed by atoms with Gasteiger partial charge >= 0.3 is 5.97 Å². The molecule has 0 saturated carbocycles. The maximum Gasteiger partial charge on any atom is 0.352 e. The zero-order valence-electron chi connectivity index (χ0n) is 12.4. The van der Waals surface area contributed by atoms with Gasteiger partial charge in [-0.15, -0.1) is 0 Å². The molecule has 0 fully saturated rings. The molecule has 112 valence electrons. The summed E-state index contributed by atoms with van der Waals surface area (Å²) >= 11 is 0. The highest BCUT2D eigenvalue weighted by atomic mass is 16.6. The molecule has 0 radical (unpaired) electrons. The number of imidazole rings is 1. The number of ether oxygens (including phenoxy) is 2. The van der Waals surface area contributed by atoms with Gasteiger partial charge in [-0.3, -0.25) is 0 Å². The van der Waals surface area contributed by atoms with E-state index in [1.54, 1.807) is 37.5 Å². The molecule has 0 aliphatic carbocycles. The van der Waals surface area contributed by atoms with Crippen LogP contribution in [-0.4, -0.2) is 21.6 Å². The normalized spacial score (nSPS) is 12.1. The first kappa shape index (κ1) is 14.1. The second-order valence-corrected chi connectivity index (χ2v) is 5.00. The van der Waals surface area contributed by atoms with Crippen LogP contribution in [0.5, 0.6) is 11.5 Å². The topological polar surface area (TPSA) is 53.4 Å². The Hall–Kier alpha value is -2.82. The van der Waals surface area contributed by atoms with Gasteiger partial charge in [0.2, 0.25) is 0 Å². The number of aromatic nitrogens is 2. The summed E-state index contributed by atoms with van der Waals surface area (Å²) in [5, 5.41) is 0. The third-order valence-electron chi connectivity index (χ3n) is 3.30. The molecule has 0 unspecified atom stereocenters. The van der Waals surface area contributed by atoms with Gasteiger partial charge in [0.1, 0.15) is 11.5 Å². The molecule has 0 spiro atoms. The van der Waals surface area contributed by atoms with Crippen molar-refractivity contribution in [1.82, 2.24) is 9.55 Å². The minimum atomic E-state index is -0.693. The Bertz CT molecular complexity index is 796. The largest absolute Gasteiger partial charge is 0.479 e. The summed E-state index contributed by atoms with van der Waals surface area (Å²) in [7, 11) is 1.91. The number of hydrogen-bond acceptors (Lipinski definition) is 4. The lowest BCUT2D eigenvalue weighted by molar-refractivity contribution is -0.141. The second kappa shape index (κ2) is 5.89. The van der Waals surface area contributed by atoms with Crippen molar-refractivity contribution in [2.24, 2.45) is 7.05 Å². The molecule has 0 bridgehead atoms. The van der Waals surface area contributed by atoms with Crippen molar-refractivity contribution in [2.75, 3.05) is 0 Å². The molecule has 0 saturated heterocycles. The van der Waals surface area contributed by atoms with Crippen LogP contribution in [0.15, 0.2) is 54.9 Å². The fraction of sp³-hybridized carbons (Fsp3) is 0.176. The first-order chi connectivity index (χ1) is 10.6. The third kappa shape index (κ3) is 2.93. The lowest BCUT2D eigenvalue weighted by Crippen LogP contribution is -2.28. The van der Waals surface area contributed by atoms with Gasteiger partial charge in [-0.1, -0.05) is 18.2 Å². The molecular formula is C17H16N2O3. The van der Waals surface area contributed by atoms with Crippen LogP contribution in [0.4, 0.5) is 0 Å². The molecule has 2 aromatic carbocycles. The average molecular weight is 296 g/mol. The molecule has 0 aliphatic heterocycles. The molecule has 5 heteroatoms. The molecule has 0 amide bonds. The zero-order valence-corrected chi connectivity index (χ0v) is 12.4. The van der Waals surface area contributed by atoms with Crippen molar-refractivity contribution in [2.45, 2.75) is 13.0 Å². The van der Waals surface area contributed by atoms with Crippen LogP contribution < -0.4 is 9.47 Å². The maximum atomic E-state index is 12.1. The van der Waals surface area contributed by atoms with Crippen LogP contribution in [0.25, 0.3) is 11.0 Å². The van der Waals surface area contributed by atoms with E-state index in [9.17, 15) is 4.79 Å². The molecule has 1 heterocycles. The van der Waals surface area contributed by atoms with Gasteiger partial charge in [-0.05, 0) is 31.2 Å². The quantitative estimate of drug-likeness (QED) is 0.548. The molecule has 5 nitrogen and oxygen atoms in total. The van der Waals surface area contributed by atoms with E-state index in [2.05, 4.69) is 4.98 Å². The Balaban J connectivity index is 1.69. The first-order valence-corrected chi connectivity index (χ1v) is 6.98. The zero-order chi connectivity index (χ0) is 15.5. The number of benzene rings is 2. The predicted octanol–water partition coefficient (Wildman–Crippen LogP) is 2.95. The molecule has 1 atom stereocenters. The van der Waals surface area contributed by atoms with Crippen molar-refractivity contribution >= 4 is 17.0 Å². The van der Waals surface area contributed by atoms with E-state index in [4.69, 9.17) is 9.47 Å². The summed E-state index contributed by atoms with van der Waals surface area (Å²) < 4.78 is 12.8. The van der Waals surface area contributed by atoms with E-state index in [1.807, 2.05) is 35.9 Å². The van der Waals surface area contributed by atoms with E-state index in [0.29, 0.717) is 11.5 Å². The van der Waals surface area contributed by atoms with Gasteiger partial charge in [0.15, 0.2) is 6.10 Å². The Kier molecular flexibility index (Phi) is 3.78. The fourth-order valence-electron chi connectivity index (χ4n) is 2.13. The van der Waals surface area contributed by atoms with E-state index < -0.39 is 12.1 Å². The number of esters is 1. The lowest BCUT2D eigenvalue weighted by Gasteiger charge is -2.13. The van der Waals surface area contributed by atoms with Gasteiger partial charge in [0, 0.05) is 13.1 Å². The van der Waals surface area contributed by atoms with E-state index in [1.165, 1.54) is 0 Å². The van der Waals surface area contributed by atoms with Crippen molar-refractivity contribution in [3.8, 4) is 11.5 Å². The SMILES string of the molecule is C[C@H](Oc1ccccc1)C(=O)Oc1ccc2c(c1)ncn2C. The number of para-hydroxylation sites is 1. The van der Waals surface area contributed by atoms with Crippen molar-refractivity contribution in [3.05, 3.63) is 54.9 Å². The second-order valence-electron chi connectivity index (χ2n) is 5.00. The number of aryl methyl sites for hydroxylation is 1. The highest BCUT2D eigenvalue weighted by molar-refractivity contribution is 5.81. The van der Waals surface area contributed by atoms with Crippen molar-refractivity contribution in [3.63, 3.8) is 0 Å². The Labute approximate surface area is 128 Å². The third-order valence-corrected chi connectivity index (χ3v) is 3.30. The maximum absolute atomic E-state index is 12.1. The number of carbonyl (C=O) groups excluding carboxylic acids is 1. The van der Waals surface area contributed by atoms with Crippen LogP contribution in [-0.2, 0) is 11.8 Å².